The van der Waals surface area contributed by atoms with Crippen molar-refractivity contribution < 1.29 is 4.79 Å². The third-order valence-corrected chi connectivity index (χ3v) is 3.33. The van der Waals surface area contributed by atoms with Crippen molar-refractivity contribution in [2.45, 2.75) is 46.0 Å². The Morgan fingerprint density at radius 1 is 1.21 bits per heavy atom. The Morgan fingerprint density at radius 2 is 1.89 bits per heavy atom. The number of benzene rings is 1. The third-order valence-electron chi connectivity index (χ3n) is 3.33. The third kappa shape index (κ3) is 5.43. The van der Waals surface area contributed by atoms with Crippen molar-refractivity contribution in [1.82, 2.24) is 0 Å². The highest BCUT2D eigenvalue weighted by Gasteiger charge is 2.15. The molecule has 3 nitrogen and oxygen atoms in total. The van der Waals surface area contributed by atoms with E-state index in [1.165, 1.54) is 18.4 Å². The fourth-order valence-electron chi connectivity index (χ4n) is 2.08. The minimum absolute atomic E-state index is 0.0330. The van der Waals surface area contributed by atoms with Gasteiger partial charge < -0.3 is 11.1 Å². The summed E-state index contributed by atoms with van der Waals surface area (Å²) in [6.45, 7) is 4.67. The van der Waals surface area contributed by atoms with Crippen LogP contribution in [-0.2, 0) is 11.2 Å². The summed E-state index contributed by atoms with van der Waals surface area (Å²) in [5.74, 6) is -0.0459. The molecule has 1 amide bonds. The molecule has 0 aliphatic rings. The standard InChI is InChI=1S/C16H26N2O/c1-3-5-7-13-8-10-15(11-9-13)18-16(19)14(12-17)6-4-2/h8-11,14H,3-7,12,17H2,1-2H3,(H,18,19). The minimum Gasteiger partial charge on any atom is -0.330 e. The van der Waals surface area contributed by atoms with Crippen LogP contribution in [0.2, 0.25) is 0 Å². The highest BCUT2D eigenvalue weighted by Crippen LogP contribution is 2.14. The smallest absolute Gasteiger partial charge is 0.228 e. The van der Waals surface area contributed by atoms with Gasteiger partial charge in [-0.3, -0.25) is 4.79 Å². The molecule has 0 aliphatic heterocycles. The van der Waals surface area contributed by atoms with Crippen LogP contribution in [0.15, 0.2) is 24.3 Å². The van der Waals surface area contributed by atoms with E-state index in [1.807, 2.05) is 12.1 Å². The first-order valence-electron chi connectivity index (χ1n) is 7.31. The molecule has 0 radical (unpaired) electrons. The molecule has 0 aromatic heterocycles. The summed E-state index contributed by atoms with van der Waals surface area (Å²) in [5.41, 5.74) is 7.82. The van der Waals surface area contributed by atoms with E-state index in [-0.39, 0.29) is 11.8 Å². The van der Waals surface area contributed by atoms with Crippen molar-refractivity contribution >= 4 is 11.6 Å². The van der Waals surface area contributed by atoms with E-state index < -0.39 is 0 Å². The Labute approximate surface area is 116 Å². The van der Waals surface area contributed by atoms with Crippen LogP contribution in [0.25, 0.3) is 0 Å². The lowest BCUT2D eigenvalue weighted by Gasteiger charge is -2.14. The van der Waals surface area contributed by atoms with Gasteiger partial charge in [0.1, 0.15) is 0 Å². The normalized spacial score (nSPS) is 12.2. The number of nitrogens with two attached hydrogens (primary N) is 1. The largest absolute Gasteiger partial charge is 0.330 e. The Morgan fingerprint density at radius 3 is 2.42 bits per heavy atom. The van der Waals surface area contributed by atoms with Gasteiger partial charge in [0, 0.05) is 12.2 Å². The molecule has 0 aliphatic carbocycles. The maximum atomic E-state index is 12.0. The quantitative estimate of drug-likeness (QED) is 0.755. The molecule has 1 rings (SSSR count). The number of nitrogens with one attached hydrogen (secondary N) is 1. The van der Waals surface area contributed by atoms with Crippen molar-refractivity contribution in [3.63, 3.8) is 0 Å². The van der Waals surface area contributed by atoms with Crippen LogP contribution in [0, 0.1) is 5.92 Å². The average molecular weight is 262 g/mol. The second-order valence-corrected chi connectivity index (χ2v) is 5.01. The minimum atomic E-state index is -0.0789. The topological polar surface area (TPSA) is 55.1 Å². The van der Waals surface area contributed by atoms with Crippen LogP contribution in [0.5, 0.6) is 0 Å². The van der Waals surface area contributed by atoms with Crippen LogP contribution >= 0.6 is 0 Å². The molecule has 0 bridgehead atoms. The number of hydrogen-bond acceptors (Lipinski definition) is 2. The molecule has 0 fully saturated rings. The number of amides is 1. The second-order valence-electron chi connectivity index (χ2n) is 5.01. The number of carbonyl (C=O) groups is 1. The van der Waals surface area contributed by atoms with Gasteiger partial charge in [0.05, 0.1) is 5.92 Å². The van der Waals surface area contributed by atoms with E-state index in [2.05, 4.69) is 31.3 Å². The van der Waals surface area contributed by atoms with E-state index in [0.29, 0.717) is 6.54 Å². The van der Waals surface area contributed by atoms with Crippen LogP contribution < -0.4 is 11.1 Å². The predicted molar refractivity (Wildman–Crippen MR) is 81.1 cm³/mol. The highest BCUT2D eigenvalue weighted by molar-refractivity contribution is 5.92. The summed E-state index contributed by atoms with van der Waals surface area (Å²) >= 11 is 0. The van der Waals surface area contributed by atoms with Crippen LogP contribution in [-0.4, -0.2) is 12.5 Å². The van der Waals surface area contributed by atoms with Crippen LogP contribution in [0.1, 0.15) is 45.1 Å². The van der Waals surface area contributed by atoms with Gasteiger partial charge in [-0.05, 0) is 37.0 Å². The SMILES string of the molecule is CCCCc1ccc(NC(=O)C(CN)CCC)cc1. The number of rotatable bonds is 8. The lowest BCUT2D eigenvalue weighted by molar-refractivity contribution is -0.119. The van der Waals surface area contributed by atoms with Gasteiger partial charge in [0.25, 0.3) is 0 Å². The molecule has 3 N–H and O–H groups in total. The van der Waals surface area contributed by atoms with Gasteiger partial charge in [-0.2, -0.15) is 0 Å². The van der Waals surface area contributed by atoms with Crippen molar-refractivity contribution in [3.8, 4) is 0 Å². The fraction of sp³-hybridized carbons (Fsp3) is 0.562. The number of aryl methyl sites for hydroxylation is 1. The molecule has 1 aromatic rings. The molecule has 19 heavy (non-hydrogen) atoms. The maximum absolute atomic E-state index is 12.0. The van der Waals surface area contributed by atoms with Gasteiger partial charge in [0.15, 0.2) is 0 Å². The second kappa shape index (κ2) is 8.70. The molecular formula is C16H26N2O. The summed E-state index contributed by atoms with van der Waals surface area (Å²) in [7, 11) is 0. The van der Waals surface area contributed by atoms with Gasteiger partial charge in [-0.1, -0.05) is 38.8 Å². The van der Waals surface area contributed by atoms with Gasteiger partial charge >= 0.3 is 0 Å². The predicted octanol–water partition coefficient (Wildman–Crippen LogP) is 3.34. The lowest BCUT2D eigenvalue weighted by Crippen LogP contribution is -2.29. The molecule has 3 heteroatoms. The van der Waals surface area contributed by atoms with Crippen molar-refractivity contribution in [2.75, 3.05) is 11.9 Å². The Bertz CT molecular complexity index is 373. The van der Waals surface area contributed by atoms with Crippen LogP contribution in [0.3, 0.4) is 0 Å². The zero-order valence-corrected chi connectivity index (χ0v) is 12.1. The zero-order chi connectivity index (χ0) is 14.1. The summed E-state index contributed by atoms with van der Waals surface area (Å²) in [6.07, 6.45) is 5.33. The lowest BCUT2D eigenvalue weighted by atomic mass is 10.0. The molecular weight excluding hydrogens is 236 g/mol. The number of anilines is 1. The molecule has 1 atom stereocenters. The molecule has 0 saturated carbocycles. The zero-order valence-electron chi connectivity index (χ0n) is 12.1. The first kappa shape index (κ1) is 15.7. The summed E-state index contributed by atoms with van der Waals surface area (Å²) in [5, 5.41) is 2.94. The van der Waals surface area contributed by atoms with Crippen molar-refractivity contribution in [2.24, 2.45) is 11.7 Å². The van der Waals surface area contributed by atoms with E-state index in [0.717, 1.165) is 24.9 Å². The van der Waals surface area contributed by atoms with E-state index in [1.54, 1.807) is 0 Å². The Kier molecular flexibility index (Phi) is 7.19. The van der Waals surface area contributed by atoms with E-state index >= 15 is 0 Å². The fourth-order valence-corrected chi connectivity index (χ4v) is 2.08. The van der Waals surface area contributed by atoms with E-state index in [4.69, 9.17) is 5.73 Å². The molecule has 0 saturated heterocycles. The Hall–Kier alpha value is -1.35. The van der Waals surface area contributed by atoms with E-state index in [9.17, 15) is 4.79 Å². The van der Waals surface area contributed by atoms with Gasteiger partial charge in [0.2, 0.25) is 5.91 Å². The van der Waals surface area contributed by atoms with Gasteiger partial charge in [-0.25, -0.2) is 0 Å². The maximum Gasteiger partial charge on any atom is 0.228 e. The Balaban J connectivity index is 2.54. The summed E-state index contributed by atoms with van der Waals surface area (Å²) in [4.78, 5) is 12.0. The first-order valence-corrected chi connectivity index (χ1v) is 7.31. The van der Waals surface area contributed by atoms with Gasteiger partial charge in [-0.15, -0.1) is 0 Å². The highest BCUT2D eigenvalue weighted by atomic mass is 16.1. The molecule has 0 heterocycles. The molecule has 1 unspecified atom stereocenters. The molecule has 0 spiro atoms. The summed E-state index contributed by atoms with van der Waals surface area (Å²) < 4.78 is 0. The molecule has 106 valence electrons. The average Bonchev–Trinajstić information content (AvgIpc) is 2.43. The number of carbonyl (C=O) groups excluding carboxylic acids is 1. The van der Waals surface area contributed by atoms with Crippen molar-refractivity contribution in [1.29, 1.82) is 0 Å². The molecule has 1 aromatic carbocycles. The first-order chi connectivity index (χ1) is 9.21. The number of hydrogen-bond donors (Lipinski definition) is 2. The van der Waals surface area contributed by atoms with Crippen LogP contribution in [0.4, 0.5) is 5.69 Å². The monoisotopic (exact) mass is 262 g/mol. The summed E-state index contributed by atoms with van der Waals surface area (Å²) in [6, 6.07) is 8.12. The van der Waals surface area contributed by atoms with Crippen molar-refractivity contribution in [3.05, 3.63) is 29.8 Å². The number of unbranched alkanes of at least 4 members (excludes halogenated alkanes) is 1.